The van der Waals surface area contributed by atoms with E-state index >= 15 is 0 Å². The number of nitrogens with one attached hydrogen (secondary N) is 1. The van der Waals surface area contributed by atoms with Gasteiger partial charge in [0.25, 0.3) is 10.0 Å². The smallest absolute Gasteiger partial charge is 0.280 e. The molecule has 2 aromatic rings. The van der Waals surface area contributed by atoms with Gasteiger partial charge in [0, 0.05) is 12.1 Å². The molecule has 0 aromatic heterocycles. The highest BCUT2D eigenvalue weighted by atomic mass is 32.2. The van der Waals surface area contributed by atoms with Gasteiger partial charge in [-0.3, -0.25) is 9.52 Å². The fourth-order valence-corrected chi connectivity index (χ4v) is 5.61. The van der Waals surface area contributed by atoms with Gasteiger partial charge in [0.1, 0.15) is 0 Å². The zero-order valence-electron chi connectivity index (χ0n) is 14.9. The van der Waals surface area contributed by atoms with Crippen LogP contribution in [0.25, 0.3) is 0 Å². The van der Waals surface area contributed by atoms with Crippen LogP contribution in [0.5, 0.6) is 0 Å². The Morgan fingerprint density at radius 1 is 1.10 bits per heavy atom. The van der Waals surface area contributed by atoms with Crippen LogP contribution in [0.15, 0.2) is 47.4 Å². The quantitative estimate of drug-likeness (QED) is 0.775. The molecule has 12 heteroatoms. The first-order valence-corrected chi connectivity index (χ1v) is 11.3. The van der Waals surface area contributed by atoms with Gasteiger partial charge in [-0.05, 0) is 42.8 Å². The van der Waals surface area contributed by atoms with Gasteiger partial charge < -0.3 is 0 Å². The number of amides is 1. The number of carbonyl (C=O) groups excluding carboxylic acids is 1. The SMILES string of the molecule is Cc1ccc(N2C(=O)CCS2(=O)=O)cc1S(=O)(=O)Nc1cccc(C(F)(F)F)c1. The predicted molar refractivity (Wildman–Crippen MR) is 99.3 cm³/mol. The number of carbonyl (C=O) groups is 1. The molecular formula is C17H15F3N2O5S2. The van der Waals surface area contributed by atoms with E-state index in [2.05, 4.69) is 4.72 Å². The summed E-state index contributed by atoms with van der Waals surface area (Å²) in [5, 5.41) is 0. The molecule has 0 atom stereocenters. The highest BCUT2D eigenvalue weighted by Gasteiger charge is 2.37. The first-order valence-electron chi connectivity index (χ1n) is 8.18. The Bertz CT molecular complexity index is 1190. The summed E-state index contributed by atoms with van der Waals surface area (Å²) < 4.78 is 90.8. The molecule has 0 spiro atoms. The van der Waals surface area contributed by atoms with E-state index in [0.29, 0.717) is 10.4 Å². The summed E-state index contributed by atoms with van der Waals surface area (Å²) in [7, 11) is -8.26. The molecule has 1 fully saturated rings. The van der Waals surface area contributed by atoms with E-state index in [1.807, 2.05) is 0 Å². The molecule has 1 amide bonds. The van der Waals surface area contributed by atoms with Crippen molar-refractivity contribution in [3.05, 3.63) is 53.6 Å². The van der Waals surface area contributed by atoms with Crippen LogP contribution in [-0.2, 0) is 31.0 Å². The van der Waals surface area contributed by atoms with E-state index in [9.17, 15) is 34.8 Å². The van der Waals surface area contributed by atoms with Gasteiger partial charge in [0.2, 0.25) is 15.9 Å². The third-order valence-electron chi connectivity index (χ3n) is 4.22. The highest BCUT2D eigenvalue weighted by molar-refractivity contribution is 7.94. The number of hydrogen-bond donors (Lipinski definition) is 1. The van der Waals surface area contributed by atoms with E-state index < -0.39 is 37.7 Å². The molecule has 0 radical (unpaired) electrons. The number of alkyl halides is 3. The fraction of sp³-hybridized carbons (Fsp3) is 0.235. The Balaban J connectivity index is 2.01. The van der Waals surface area contributed by atoms with E-state index in [4.69, 9.17) is 0 Å². The van der Waals surface area contributed by atoms with Gasteiger partial charge in [-0.25, -0.2) is 21.1 Å². The maximum Gasteiger partial charge on any atom is 0.416 e. The number of hydrogen-bond acceptors (Lipinski definition) is 5. The number of benzene rings is 2. The molecule has 0 saturated carbocycles. The zero-order valence-corrected chi connectivity index (χ0v) is 16.5. The summed E-state index contributed by atoms with van der Waals surface area (Å²) in [6.45, 7) is 1.44. The molecule has 3 rings (SSSR count). The molecule has 0 aliphatic carbocycles. The minimum atomic E-state index is -4.65. The maximum absolute atomic E-state index is 12.9. The second-order valence-electron chi connectivity index (χ2n) is 6.36. The summed E-state index contributed by atoms with van der Waals surface area (Å²) in [6, 6.07) is 7.27. The molecule has 29 heavy (non-hydrogen) atoms. The second-order valence-corrected chi connectivity index (χ2v) is 9.95. The number of aryl methyl sites for hydroxylation is 1. The summed E-state index contributed by atoms with van der Waals surface area (Å²) in [4.78, 5) is 11.6. The number of rotatable bonds is 4. The van der Waals surface area contributed by atoms with Crippen molar-refractivity contribution in [2.24, 2.45) is 0 Å². The maximum atomic E-state index is 12.9. The Labute approximate surface area is 165 Å². The largest absolute Gasteiger partial charge is 0.416 e. The Kier molecular flexibility index (Phi) is 5.11. The molecule has 1 aliphatic rings. The topological polar surface area (TPSA) is 101 Å². The van der Waals surface area contributed by atoms with Crippen LogP contribution in [0.3, 0.4) is 0 Å². The third kappa shape index (κ3) is 4.22. The first-order chi connectivity index (χ1) is 13.3. The van der Waals surface area contributed by atoms with Crippen molar-refractivity contribution >= 4 is 37.3 Å². The van der Waals surface area contributed by atoms with Gasteiger partial charge >= 0.3 is 6.18 Å². The van der Waals surface area contributed by atoms with Gasteiger partial charge in [-0.15, -0.1) is 0 Å². The minimum absolute atomic E-state index is 0.150. The molecular weight excluding hydrogens is 433 g/mol. The average molecular weight is 448 g/mol. The van der Waals surface area contributed by atoms with Crippen LogP contribution < -0.4 is 9.03 Å². The van der Waals surface area contributed by atoms with Crippen LogP contribution in [0.2, 0.25) is 0 Å². The van der Waals surface area contributed by atoms with Crippen LogP contribution in [0.1, 0.15) is 17.5 Å². The van der Waals surface area contributed by atoms with E-state index in [1.54, 1.807) is 0 Å². The molecule has 1 aliphatic heterocycles. The summed E-state index contributed by atoms with van der Waals surface area (Å²) in [6.07, 6.45) is -4.87. The number of sulfonamides is 2. The van der Waals surface area contributed by atoms with Gasteiger partial charge in [0.05, 0.1) is 21.9 Å². The normalized spacial score (nSPS) is 16.8. The molecule has 2 aromatic carbocycles. The van der Waals surface area contributed by atoms with Crippen molar-refractivity contribution in [3.63, 3.8) is 0 Å². The lowest BCUT2D eigenvalue weighted by Crippen LogP contribution is -2.29. The number of anilines is 2. The zero-order chi connectivity index (χ0) is 21.6. The van der Waals surface area contributed by atoms with Crippen molar-refractivity contribution in [3.8, 4) is 0 Å². The Hall–Kier alpha value is -2.60. The molecule has 1 saturated heterocycles. The monoisotopic (exact) mass is 448 g/mol. The molecule has 0 unspecified atom stereocenters. The van der Waals surface area contributed by atoms with Crippen molar-refractivity contribution in [1.82, 2.24) is 0 Å². The first kappa shape index (κ1) is 21.1. The minimum Gasteiger partial charge on any atom is -0.280 e. The molecule has 1 N–H and O–H groups in total. The van der Waals surface area contributed by atoms with Gasteiger partial charge in [0.15, 0.2) is 0 Å². The number of halogens is 3. The molecule has 0 bridgehead atoms. The summed E-state index contributed by atoms with van der Waals surface area (Å²) >= 11 is 0. The Morgan fingerprint density at radius 3 is 2.38 bits per heavy atom. The lowest BCUT2D eigenvalue weighted by atomic mass is 10.2. The standard InChI is InChI=1S/C17H15F3N2O5S2/c1-11-5-6-14(22-16(23)7-8-28(22,24)25)10-15(11)29(26,27)21-13-4-2-3-12(9-13)17(18,19)20/h2-6,9-10,21H,7-8H2,1H3. The predicted octanol–water partition coefficient (Wildman–Crippen LogP) is 2.88. The van der Waals surface area contributed by atoms with E-state index in [-0.39, 0.29) is 34.0 Å². The second kappa shape index (κ2) is 7.02. The number of nitrogens with zero attached hydrogens (tertiary/aromatic N) is 1. The lowest BCUT2D eigenvalue weighted by molar-refractivity contribution is -0.137. The van der Waals surface area contributed by atoms with Crippen LogP contribution in [0.4, 0.5) is 24.5 Å². The molecule has 156 valence electrons. The van der Waals surface area contributed by atoms with Gasteiger partial charge in [-0.1, -0.05) is 12.1 Å². The van der Waals surface area contributed by atoms with Crippen molar-refractivity contribution in [2.45, 2.75) is 24.4 Å². The summed E-state index contributed by atoms with van der Waals surface area (Å²) in [5.74, 6) is -1.08. The Morgan fingerprint density at radius 2 is 1.79 bits per heavy atom. The molecule has 7 nitrogen and oxygen atoms in total. The fourth-order valence-electron chi connectivity index (χ4n) is 2.84. The van der Waals surface area contributed by atoms with Crippen LogP contribution in [0, 0.1) is 6.92 Å². The van der Waals surface area contributed by atoms with Crippen molar-refractivity contribution in [1.29, 1.82) is 0 Å². The van der Waals surface area contributed by atoms with E-state index in [0.717, 1.165) is 24.3 Å². The van der Waals surface area contributed by atoms with Crippen molar-refractivity contribution < 1.29 is 34.8 Å². The van der Waals surface area contributed by atoms with Crippen molar-refractivity contribution in [2.75, 3.05) is 14.8 Å². The average Bonchev–Trinajstić information content (AvgIpc) is 2.87. The molecule has 1 heterocycles. The summed E-state index contributed by atoms with van der Waals surface area (Å²) in [5.41, 5.74) is -1.27. The lowest BCUT2D eigenvalue weighted by Gasteiger charge is -2.18. The van der Waals surface area contributed by atoms with Gasteiger partial charge in [-0.2, -0.15) is 13.2 Å². The third-order valence-corrected chi connectivity index (χ3v) is 7.43. The van der Waals surface area contributed by atoms with Crippen LogP contribution in [-0.4, -0.2) is 28.5 Å². The van der Waals surface area contributed by atoms with E-state index in [1.165, 1.54) is 19.1 Å². The van der Waals surface area contributed by atoms with Crippen LogP contribution >= 0.6 is 0 Å². The highest BCUT2D eigenvalue weighted by Crippen LogP contribution is 2.32.